The van der Waals surface area contributed by atoms with Gasteiger partial charge in [0, 0.05) is 42.2 Å². The Hall–Kier alpha value is -2.09. The summed E-state index contributed by atoms with van der Waals surface area (Å²) in [4.78, 5) is 12.7. The topological polar surface area (TPSA) is 56.1 Å². The number of halogens is 1. The SMILES string of the molecule is C[C@@H]1OCC2(CCN(c3cnc(Sc4cccc(-c5ccn(C)n5)c4Cl)cn3)CC2)[C@@H]1C. The second-order valence-corrected chi connectivity index (χ2v) is 10.4. The molecule has 2 aromatic heterocycles. The summed E-state index contributed by atoms with van der Waals surface area (Å²) in [5, 5.41) is 5.98. The fourth-order valence-electron chi connectivity index (χ4n) is 4.84. The van der Waals surface area contributed by atoms with Gasteiger partial charge in [0.25, 0.3) is 0 Å². The van der Waals surface area contributed by atoms with Crippen LogP contribution in [0.1, 0.15) is 26.7 Å². The first-order valence-corrected chi connectivity index (χ1v) is 12.3. The van der Waals surface area contributed by atoms with Gasteiger partial charge in [0.05, 0.1) is 35.8 Å². The largest absolute Gasteiger partial charge is 0.378 e. The minimum atomic E-state index is 0.328. The Labute approximate surface area is 198 Å². The molecule has 8 heteroatoms. The number of piperidine rings is 1. The summed E-state index contributed by atoms with van der Waals surface area (Å²) in [7, 11) is 1.90. The van der Waals surface area contributed by atoms with E-state index >= 15 is 0 Å². The van der Waals surface area contributed by atoms with Gasteiger partial charge in [-0.1, -0.05) is 42.4 Å². The zero-order chi connectivity index (χ0) is 22.3. The molecule has 168 valence electrons. The highest BCUT2D eigenvalue weighted by molar-refractivity contribution is 7.99. The summed E-state index contributed by atoms with van der Waals surface area (Å²) < 4.78 is 7.73. The van der Waals surface area contributed by atoms with Gasteiger partial charge in [-0.3, -0.25) is 4.68 Å². The molecule has 32 heavy (non-hydrogen) atoms. The minimum Gasteiger partial charge on any atom is -0.378 e. The number of benzene rings is 1. The van der Waals surface area contributed by atoms with Gasteiger partial charge in [0.1, 0.15) is 10.8 Å². The molecule has 0 unspecified atom stereocenters. The molecule has 5 rings (SSSR count). The lowest BCUT2D eigenvalue weighted by Gasteiger charge is -2.41. The zero-order valence-corrected chi connectivity index (χ0v) is 20.2. The van der Waals surface area contributed by atoms with Crippen molar-refractivity contribution in [2.24, 2.45) is 18.4 Å². The summed E-state index contributed by atoms with van der Waals surface area (Å²) >= 11 is 8.23. The van der Waals surface area contributed by atoms with E-state index in [1.807, 2.05) is 49.9 Å². The average molecular weight is 470 g/mol. The first kappa shape index (κ1) is 21.7. The van der Waals surface area contributed by atoms with Crippen LogP contribution >= 0.6 is 23.4 Å². The summed E-state index contributed by atoms with van der Waals surface area (Å²) in [5.74, 6) is 1.55. The van der Waals surface area contributed by atoms with Crippen molar-refractivity contribution in [2.45, 2.75) is 42.7 Å². The van der Waals surface area contributed by atoms with Crippen molar-refractivity contribution in [1.82, 2.24) is 19.7 Å². The number of nitrogens with zero attached hydrogens (tertiary/aromatic N) is 5. The number of ether oxygens (including phenoxy) is 1. The summed E-state index contributed by atoms with van der Waals surface area (Å²) in [6.07, 6.45) is 8.30. The molecule has 0 saturated carbocycles. The maximum Gasteiger partial charge on any atom is 0.147 e. The van der Waals surface area contributed by atoms with Crippen LogP contribution in [0.4, 0.5) is 5.82 Å². The van der Waals surface area contributed by atoms with Crippen molar-refractivity contribution in [3.05, 3.63) is 47.9 Å². The number of hydrogen-bond acceptors (Lipinski definition) is 6. The van der Waals surface area contributed by atoms with Gasteiger partial charge < -0.3 is 9.64 Å². The van der Waals surface area contributed by atoms with Crippen molar-refractivity contribution in [1.29, 1.82) is 0 Å². The summed E-state index contributed by atoms with van der Waals surface area (Å²) in [6, 6.07) is 7.96. The smallest absolute Gasteiger partial charge is 0.147 e. The molecule has 4 heterocycles. The van der Waals surface area contributed by atoms with E-state index in [0.717, 1.165) is 59.5 Å². The van der Waals surface area contributed by atoms with Crippen molar-refractivity contribution in [2.75, 3.05) is 24.6 Å². The predicted molar refractivity (Wildman–Crippen MR) is 128 cm³/mol. The van der Waals surface area contributed by atoms with Crippen LogP contribution in [0, 0.1) is 11.3 Å². The first-order chi connectivity index (χ1) is 15.4. The molecule has 2 saturated heterocycles. The van der Waals surface area contributed by atoms with Crippen molar-refractivity contribution >= 4 is 29.2 Å². The van der Waals surface area contributed by atoms with Crippen molar-refractivity contribution in [3.8, 4) is 11.3 Å². The van der Waals surface area contributed by atoms with E-state index in [4.69, 9.17) is 21.3 Å². The van der Waals surface area contributed by atoms with Gasteiger partial charge >= 0.3 is 0 Å². The third kappa shape index (κ3) is 4.02. The van der Waals surface area contributed by atoms with Crippen LogP contribution < -0.4 is 4.90 Å². The molecule has 1 aromatic carbocycles. The number of anilines is 1. The van der Waals surface area contributed by atoms with Gasteiger partial charge in [-0.25, -0.2) is 9.97 Å². The normalized spacial score (nSPS) is 22.6. The molecule has 2 fully saturated rings. The van der Waals surface area contributed by atoms with Crippen LogP contribution in [-0.2, 0) is 11.8 Å². The fourth-order valence-corrected chi connectivity index (χ4v) is 5.96. The summed E-state index contributed by atoms with van der Waals surface area (Å²) in [6.45, 7) is 7.43. The highest BCUT2D eigenvalue weighted by Crippen LogP contribution is 2.46. The van der Waals surface area contributed by atoms with Crippen molar-refractivity contribution in [3.63, 3.8) is 0 Å². The molecule has 2 atom stereocenters. The van der Waals surface area contributed by atoms with E-state index in [0.29, 0.717) is 22.5 Å². The van der Waals surface area contributed by atoms with Crippen LogP contribution in [0.15, 0.2) is 52.8 Å². The Bertz CT molecular complexity index is 1090. The Balaban J connectivity index is 1.26. The fraction of sp³-hybridized carbons (Fsp3) is 0.458. The Morgan fingerprint density at radius 3 is 2.56 bits per heavy atom. The van der Waals surface area contributed by atoms with Crippen LogP contribution in [0.5, 0.6) is 0 Å². The van der Waals surface area contributed by atoms with Gasteiger partial charge in [0.2, 0.25) is 0 Å². The van der Waals surface area contributed by atoms with E-state index in [1.165, 1.54) is 11.8 Å². The van der Waals surface area contributed by atoms with Gasteiger partial charge in [0.15, 0.2) is 0 Å². The Morgan fingerprint density at radius 2 is 1.94 bits per heavy atom. The molecule has 1 spiro atoms. The van der Waals surface area contributed by atoms with Gasteiger partial charge in [-0.2, -0.15) is 5.10 Å². The average Bonchev–Trinajstić information content (AvgIpc) is 3.35. The number of hydrogen-bond donors (Lipinski definition) is 0. The number of aryl methyl sites for hydroxylation is 1. The predicted octanol–water partition coefficient (Wildman–Crippen LogP) is 5.32. The quantitative estimate of drug-likeness (QED) is 0.515. The standard InChI is InChI=1S/C24H28ClN5OS/c1-16-17(2)31-15-24(16)8-11-30(12-9-24)21-13-27-22(14-26-21)32-20-6-4-5-18(23(20)25)19-7-10-29(3)28-19/h4-7,10,13-14,16-17H,8-9,11-12,15H2,1-3H3/t16-,17+/m1/s1. The third-order valence-corrected chi connectivity index (χ3v) is 8.67. The lowest BCUT2D eigenvalue weighted by Crippen LogP contribution is -2.44. The Kier molecular flexibility index (Phi) is 5.90. The van der Waals surface area contributed by atoms with E-state index in [1.54, 1.807) is 4.68 Å². The van der Waals surface area contributed by atoms with Crippen LogP contribution in [0.25, 0.3) is 11.3 Å². The molecule has 0 amide bonds. The maximum atomic E-state index is 6.70. The highest BCUT2D eigenvalue weighted by atomic mass is 35.5. The second kappa shape index (κ2) is 8.69. The third-order valence-electron chi connectivity index (χ3n) is 7.17. The van der Waals surface area contributed by atoms with Crippen LogP contribution in [-0.4, -0.2) is 45.5 Å². The molecule has 0 bridgehead atoms. The minimum absolute atomic E-state index is 0.328. The molecule has 2 aliphatic rings. The molecule has 0 radical (unpaired) electrons. The van der Waals surface area contributed by atoms with E-state index in [-0.39, 0.29) is 0 Å². The van der Waals surface area contributed by atoms with Gasteiger partial charge in [-0.05, 0) is 37.8 Å². The highest BCUT2D eigenvalue weighted by Gasteiger charge is 2.46. The molecular weight excluding hydrogens is 442 g/mol. The van der Waals surface area contributed by atoms with E-state index in [2.05, 4.69) is 28.8 Å². The van der Waals surface area contributed by atoms with Crippen LogP contribution in [0.2, 0.25) is 5.02 Å². The molecule has 6 nitrogen and oxygen atoms in total. The lowest BCUT2D eigenvalue weighted by atomic mass is 9.70. The van der Waals surface area contributed by atoms with E-state index < -0.39 is 0 Å². The number of rotatable bonds is 4. The number of aromatic nitrogens is 4. The molecular formula is C24H28ClN5OS. The molecule has 0 N–H and O–H groups in total. The molecule has 3 aromatic rings. The van der Waals surface area contributed by atoms with Gasteiger partial charge in [-0.15, -0.1) is 0 Å². The summed E-state index contributed by atoms with van der Waals surface area (Å²) in [5.41, 5.74) is 2.11. The maximum absolute atomic E-state index is 6.70. The molecule has 0 aliphatic carbocycles. The molecule has 2 aliphatic heterocycles. The first-order valence-electron chi connectivity index (χ1n) is 11.1. The lowest BCUT2D eigenvalue weighted by molar-refractivity contribution is 0.0969. The monoisotopic (exact) mass is 469 g/mol. The Morgan fingerprint density at radius 1 is 1.12 bits per heavy atom. The second-order valence-electron chi connectivity index (χ2n) is 8.96. The van der Waals surface area contributed by atoms with E-state index in [9.17, 15) is 0 Å². The van der Waals surface area contributed by atoms with Crippen molar-refractivity contribution < 1.29 is 4.74 Å². The zero-order valence-electron chi connectivity index (χ0n) is 18.7. The van der Waals surface area contributed by atoms with Crippen LogP contribution in [0.3, 0.4) is 0 Å².